The van der Waals surface area contributed by atoms with E-state index in [2.05, 4.69) is 45.0 Å². The maximum atomic E-state index is 11.3. The van der Waals surface area contributed by atoms with Gasteiger partial charge in [-0.3, -0.25) is 4.79 Å². The minimum atomic E-state index is -0.177. The minimum Gasteiger partial charge on any atom is -0.466 e. The smallest absolute Gasteiger partial charge is 0.305 e. The zero-order valence-electron chi connectivity index (χ0n) is 12.4. The summed E-state index contributed by atoms with van der Waals surface area (Å²) in [5, 5.41) is 0. The van der Waals surface area contributed by atoms with E-state index in [1.165, 1.54) is 5.56 Å². The van der Waals surface area contributed by atoms with Gasteiger partial charge < -0.3 is 10.5 Å². The molecule has 2 N–H and O–H groups in total. The van der Waals surface area contributed by atoms with E-state index in [0.29, 0.717) is 19.4 Å². The number of ether oxygens (including phenoxy) is 1. The minimum absolute atomic E-state index is 0.113. The number of carbonyl (C=O) groups is 1. The fourth-order valence-electron chi connectivity index (χ4n) is 1.90. The molecule has 0 aliphatic heterocycles. The molecule has 0 aliphatic carbocycles. The van der Waals surface area contributed by atoms with Crippen molar-refractivity contribution in [3.05, 3.63) is 35.4 Å². The zero-order valence-corrected chi connectivity index (χ0v) is 12.4. The third-order valence-corrected chi connectivity index (χ3v) is 3.17. The summed E-state index contributed by atoms with van der Waals surface area (Å²) in [6.07, 6.45) is 0.990. The van der Waals surface area contributed by atoms with Crippen LogP contribution in [0.15, 0.2) is 24.3 Å². The molecule has 0 aromatic heterocycles. The SMILES string of the molecule is CCOC(=O)CCC(N)c1ccc(C(C)(C)C)cc1. The predicted molar refractivity (Wildman–Crippen MR) is 77.9 cm³/mol. The molecule has 3 heteroatoms. The van der Waals surface area contributed by atoms with Crippen molar-refractivity contribution in [3.63, 3.8) is 0 Å². The van der Waals surface area contributed by atoms with Crippen molar-refractivity contribution in [3.8, 4) is 0 Å². The highest BCUT2D eigenvalue weighted by Crippen LogP contribution is 2.24. The standard InChI is InChI=1S/C16H25NO2/c1-5-19-15(18)11-10-14(17)12-6-8-13(9-7-12)16(2,3)4/h6-9,14H,5,10-11,17H2,1-4H3. The maximum absolute atomic E-state index is 11.3. The third-order valence-electron chi connectivity index (χ3n) is 3.17. The Labute approximate surface area is 116 Å². The molecule has 0 spiro atoms. The first-order chi connectivity index (χ1) is 8.84. The van der Waals surface area contributed by atoms with Crippen LogP contribution in [0.25, 0.3) is 0 Å². The van der Waals surface area contributed by atoms with Crippen molar-refractivity contribution in [2.75, 3.05) is 6.61 Å². The van der Waals surface area contributed by atoms with E-state index >= 15 is 0 Å². The number of hydrogen-bond acceptors (Lipinski definition) is 3. The highest BCUT2D eigenvalue weighted by molar-refractivity contribution is 5.69. The van der Waals surface area contributed by atoms with Crippen LogP contribution in [-0.4, -0.2) is 12.6 Å². The molecule has 0 fully saturated rings. The van der Waals surface area contributed by atoms with Gasteiger partial charge in [-0.05, 0) is 29.9 Å². The van der Waals surface area contributed by atoms with Crippen LogP contribution in [0, 0.1) is 0 Å². The lowest BCUT2D eigenvalue weighted by Crippen LogP contribution is -2.15. The quantitative estimate of drug-likeness (QED) is 0.829. The van der Waals surface area contributed by atoms with Gasteiger partial charge in [0, 0.05) is 12.5 Å². The van der Waals surface area contributed by atoms with Crippen molar-refractivity contribution < 1.29 is 9.53 Å². The van der Waals surface area contributed by atoms with E-state index in [1.54, 1.807) is 0 Å². The first-order valence-electron chi connectivity index (χ1n) is 6.86. The fraction of sp³-hybridized carbons (Fsp3) is 0.562. The normalized spacial score (nSPS) is 13.1. The summed E-state index contributed by atoms with van der Waals surface area (Å²) >= 11 is 0. The Morgan fingerprint density at radius 3 is 2.32 bits per heavy atom. The van der Waals surface area contributed by atoms with E-state index < -0.39 is 0 Å². The molecule has 0 saturated carbocycles. The van der Waals surface area contributed by atoms with Gasteiger partial charge in [-0.15, -0.1) is 0 Å². The molecule has 1 aromatic carbocycles. The Balaban J connectivity index is 2.58. The van der Waals surface area contributed by atoms with Gasteiger partial charge >= 0.3 is 5.97 Å². The number of nitrogens with two attached hydrogens (primary N) is 1. The summed E-state index contributed by atoms with van der Waals surface area (Å²) < 4.78 is 4.90. The summed E-state index contributed by atoms with van der Waals surface area (Å²) in [7, 11) is 0. The monoisotopic (exact) mass is 263 g/mol. The van der Waals surface area contributed by atoms with Crippen LogP contribution in [0.2, 0.25) is 0 Å². The lowest BCUT2D eigenvalue weighted by Gasteiger charge is -2.20. The van der Waals surface area contributed by atoms with E-state index in [0.717, 1.165) is 5.56 Å². The Bertz CT molecular complexity index is 404. The largest absolute Gasteiger partial charge is 0.466 e. The average Bonchev–Trinajstić information content (AvgIpc) is 2.35. The second-order valence-corrected chi connectivity index (χ2v) is 5.82. The Hall–Kier alpha value is -1.35. The third kappa shape index (κ3) is 5.03. The fourth-order valence-corrected chi connectivity index (χ4v) is 1.90. The molecule has 3 nitrogen and oxygen atoms in total. The van der Waals surface area contributed by atoms with Gasteiger partial charge in [-0.1, -0.05) is 45.0 Å². The highest BCUT2D eigenvalue weighted by Gasteiger charge is 2.14. The molecule has 19 heavy (non-hydrogen) atoms. The van der Waals surface area contributed by atoms with Crippen LogP contribution in [-0.2, 0) is 14.9 Å². The van der Waals surface area contributed by atoms with Crippen LogP contribution in [0.4, 0.5) is 0 Å². The highest BCUT2D eigenvalue weighted by atomic mass is 16.5. The average molecular weight is 263 g/mol. The second-order valence-electron chi connectivity index (χ2n) is 5.82. The molecule has 1 rings (SSSR count). The predicted octanol–water partition coefficient (Wildman–Crippen LogP) is 3.33. The number of rotatable bonds is 5. The number of carbonyl (C=O) groups excluding carboxylic acids is 1. The second kappa shape index (κ2) is 6.71. The number of hydrogen-bond donors (Lipinski definition) is 1. The van der Waals surface area contributed by atoms with Crippen molar-refractivity contribution in [2.45, 2.75) is 52.0 Å². The summed E-state index contributed by atoms with van der Waals surface area (Å²) in [6, 6.07) is 8.21. The van der Waals surface area contributed by atoms with Gasteiger partial charge in [0.05, 0.1) is 6.61 Å². The van der Waals surface area contributed by atoms with Crippen molar-refractivity contribution in [1.82, 2.24) is 0 Å². The Kier molecular flexibility index (Phi) is 5.55. The van der Waals surface area contributed by atoms with Crippen LogP contribution in [0.5, 0.6) is 0 Å². The van der Waals surface area contributed by atoms with Crippen molar-refractivity contribution >= 4 is 5.97 Å². The van der Waals surface area contributed by atoms with Gasteiger partial charge in [0.25, 0.3) is 0 Å². The van der Waals surface area contributed by atoms with Gasteiger partial charge in [0.1, 0.15) is 0 Å². The number of esters is 1. The Morgan fingerprint density at radius 1 is 1.26 bits per heavy atom. The summed E-state index contributed by atoms with van der Waals surface area (Å²) in [4.78, 5) is 11.3. The molecule has 0 radical (unpaired) electrons. The molecule has 1 atom stereocenters. The molecular formula is C16H25NO2. The summed E-state index contributed by atoms with van der Waals surface area (Å²) in [5.41, 5.74) is 8.59. The van der Waals surface area contributed by atoms with E-state index in [4.69, 9.17) is 10.5 Å². The van der Waals surface area contributed by atoms with Gasteiger partial charge in [0.15, 0.2) is 0 Å². The molecule has 1 unspecified atom stereocenters. The topological polar surface area (TPSA) is 52.3 Å². The van der Waals surface area contributed by atoms with Crippen LogP contribution >= 0.6 is 0 Å². The van der Waals surface area contributed by atoms with Crippen LogP contribution < -0.4 is 5.73 Å². The lowest BCUT2D eigenvalue weighted by molar-refractivity contribution is -0.143. The van der Waals surface area contributed by atoms with E-state index in [1.807, 2.05) is 6.92 Å². The molecule has 0 aliphatic rings. The van der Waals surface area contributed by atoms with Crippen molar-refractivity contribution in [2.24, 2.45) is 5.73 Å². The van der Waals surface area contributed by atoms with E-state index in [9.17, 15) is 4.79 Å². The first-order valence-corrected chi connectivity index (χ1v) is 6.86. The molecule has 0 saturated heterocycles. The lowest BCUT2D eigenvalue weighted by atomic mass is 9.86. The zero-order chi connectivity index (χ0) is 14.5. The van der Waals surface area contributed by atoms with Gasteiger partial charge in [-0.25, -0.2) is 0 Å². The van der Waals surface area contributed by atoms with Crippen LogP contribution in [0.3, 0.4) is 0 Å². The maximum Gasteiger partial charge on any atom is 0.305 e. The molecule has 0 bridgehead atoms. The Morgan fingerprint density at radius 2 is 1.84 bits per heavy atom. The molecule has 0 amide bonds. The van der Waals surface area contributed by atoms with Gasteiger partial charge in [0.2, 0.25) is 0 Å². The molecular weight excluding hydrogens is 238 g/mol. The molecule has 106 valence electrons. The van der Waals surface area contributed by atoms with Crippen LogP contribution in [0.1, 0.15) is 57.7 Å². The first kappa shape index (κ1) is 15.7. The molecule has 1 aromatic rings. The van der Waals surface area contributed by atoms with E-state index in [-0.39, 0.29) is 17.4 Å². The van der Waals surface area contributed by atoms with Crippen molar-refractivity contribution in [1.29, 1.82) is 0 Å². The van der Waals surface area contributed by atoms with Gasteiger partial charge in [-0.2, -0.15) is 0 Å². The summed E-state index contributed by atoms with van der Waals surface area (Å²) in [6.45, 7) is 8.78. The molecule has 0 heterocycles. The summed E-state index contributed by atoms with van der Waals surface area (Å²) in [5.74, 6) is -0.177. The number of benzene rings is 1.